The van der Waals surface area contributed by atoms with Gasteiger partial charge in [-0.2, -0.15) is 31.0 Å². The van der Waals surface area contributed by atoms with Crippen LogP contribution in [0.15, 0.2) is 94.9 Å². The summed E-state index contributed by atoms with van der Waals surface area (Å²) >= 11 is 0. The van der Waals surface area contributed by atoms with Gasteiger partial charge in [0.2, 0.25) is 12.4 Å². The van der Waals surface area contributed by atoms with Gasteiger partial charge in [-0.1, -0.05) is 36.4 Å². The number of benzene rings is 5. The van der Waals surface area contributed by atoms with Gasteiger partial charge in [0, 0.05) is 21.5 Å². The van der Waals surface area contributed by atoms with Gasteiger partial charge in [-0.25, -0.2) is 8.78 Å². The minimum atomic E-state index is -0.599. The smallest absolute Gasteiger partial charge is 0.206 e. The van der Waals surface area contributed by atoms with Gasteiger partial charge in [0.05, 0.1) is 21.8 Å². The molecule has 0 heterocycles. The third kappa shape index (κ3) is 3.88. The second-order valence-electron chi connectivity index (χ2n) is 10.2. The molecule has 0 aromatic heterocycles. The number of halogens is 2. The van der Waals surface area contributed by atoms with Crippen LogP contribution in [0.2, 0.25) is 0 Å². The van der Waals surface area contributed by atoms with Gasteiger partial charge in [0.1, 0.15) is 23.8 Å². The summed E-state index contributed by atoms with van der Waals surface area (Å²) in [5.41, 5.74) is 2.63. The zero-order valence-corrected chi connectivity index (χ0v) is 22.5. The number of nitrogens with zero attached hydrogens (tertiary/aromatic N) is 6. The maximum atomic E-state index is 14.0. The van der Waals surface area contributed by atoms with Crippen LogP contribution >= 0.6 is 0 Å². The van der Waals surface area contributed by atoms with Crippen LogP contribution in [0.3, 0.4) is 0 Å². The van der Waals surface area contributed by atoms with Crippen molar-refractivity contribution in [2.75, 3.05) is 0 Å². The van der Waals surface area contributed by atoms with Crippen LogP contribution in [-0.4, -0.2) is 0 Å². The molecule has 0 spiro atoms. The van der Waals surface area contributed by atoms with E-state index < -0.39 is 11.6 Å². The molecule has 0 fully saturated rings. The van der Waals surface area contributed by atoms with Crippen LogP contribution in [0.5, 0.6) is 0 Å². The van der Waals surface area contributed by atoms with Crippen molar-refractivity contribution in [3.8, 4) is 46.8 Å². The van der Waals surface area contributed by atoms with Crippen molar-refractivity contribution in [3.05, 3.63) is 118 Å². The number of hydrogen-bond acceptors (Lipinski definition) is 6. The maximum Gasteiger partial charge on any atom is 0.206 e. The monoisotopic (exact) mass is 568 g/mol. The first-order valence-electron chi connectivity index (χ1n) is 13.3. The van der Waals surface area contributed by atoms with Gasteiger partial charge < -0.3 is 0 Å². The van der Waals surface area contributed by atoms with E-state index in [-0.39, 0.29) is 11.1 Å². The van der Waals surface area contributed by atoms with Gasteiger partial charge in [0.25, 0.3) is 0 Å². The summed E-state index contributed by atoms with van der Waals surface area (Å²) in [5.74, 6) is -1.20. The standard InChI is InChI=1S/C36H14F2N6/c37-33-7-3-19(9-23(33)15-39)21-1-5-25-27-13-32-28(14-31(27)35(43-17-41)29(25)11-21)26-6-2-22(12-30(26)36(32)44-18-42)20-4-8-34(38)24(10-20)16-40/h1-14H/b43-35+,44-36+. The molecule has 6 nitrogen and oxygen atoms in total. The molecule has 0 atom stereocenters. The molecule has 0 saturated carbocycles. The highest BCUT2D eigenvalue weighted by Gasteiger charge is 2.17. The van der Waals surface area contributed by atoms with Crippen molar-refractivity contribution >= 4 is 43.1 Å². The first-order valence-corrected chi connectivity index (χ1v) is 13.3. The summed E-state index contributed by atoms with van der Waals surface area (Å²) in [7, 11) is 0. The zero-order chi connectivity index (χ0) is 30.5. The van der Waals surface area contributed by atoms with Crippen LogP contribution in [0.4, 0.5) is 8.78 Å². The molecule has 0 saturated heterocycles. The molecule has 7 rings (SSSR count). The second kappa shape index (κ2) is 9.97. The Bertz CT molecular complexity index is 2500. The summed E-state index contributed by atoms with van der Waals surface area (Å²) in [6, 6.07) is 27.5. The Morgan fingerprint density at radius 1 is 0.409 bits per heavy atom. The zero-order valence-electron chi connectivity index (χ0n) is 22.5. The lowest BCUT2D eigenvalue weighted by Crippen LogP contribution is -1.99. The van der Waals surface area contributed by atoms with E-state index in [9.17, 15) is 29.8 Å². The van der Waals surface area contributed by atoms with Crippen molar-refractivity contribution in [2.45, 2.75) is 0 Å². The number of fused-ring (bicyclic) bond motifs is 6. The molecule has 7 aromatic carbocycles. The van der Waals surface area contributed by atoms with Crippen molar-refractivity contribution in [1.82, 2.24) is 0 Å². The van der Waals surface area contributed by atoms with Crippen molar-refractivity contribution < 1.29 is 8.78 Å². The molecule has 7 aromatic rings. The van der Waals surface area contributed by atoms with Gasteiger partial charge in [0.15, 0.2) is 0 Å². The Morgan fingerprint density at radius 3 is 1.16 bits per heavy atom. The van der Waals surface area contributed by atoms with E-state index in [0.29, 0.717) is 32.6 Å². The van der Waals surface area contributed by atoms with E-state index in [4.69, 9.17) is 0 Å². The highest BCUT2D eigenvalue weighted by atomic mass is 19.1. The second-order valence-corrected chi connectivity index (χ2v) is 10.2. The van der Waals surface area contributed by atoms with Crippen LogP contribution in [0, 0.1) is 57.2 Å². The first kappa shape index (κ1) is 26.2. The lowest BCUT2D eigenvalue weighted by Gasteiger charge is -2.04. The molecule has 0 amide bonds. The molecule has 44 heavy (non-hydrogen) atoms. The molecule has 0 unspecified atom stereocenters. The lowest BCUT2D eigenvalue weighted by molar-refractivity contribution is 0.624. The van der Waals surface area contributed by atoms with Crippen molar-refractivity contribution in [2.24, 2.45) is 9.98 Å². The van der Waals surface area contributed by atoms with Gasteiger partial charge >= 0.3 is 0 Å². The van der Waals surface area contributed by atoms with E-state index in [1.165, 1.54) is 24.3 Å². The average Bonchev–Trinajstić information content (AvgIpc) is 3.51. The van der Waals surface area contributed by atoms with E-state index >= 15 is 0 Å². The molecule has 0 aliphatic carbocycles. The van der Waals surface area contributed by atoms with E-state index in [0.717, 1.165) is 43.4 Å². The Kier molecular flexibility index (Phi) is 5.93. The molecule has 0 radical (unpaired) electrons. The third-order valence-corrected chi connectivity index (χ3v) is 7.96. The number of rotatable bonds is 2. The maximum absolute atomic E-state index is 14.0. The Labute approximate surface area is 247 Å². The molecule has 0 aliphatic rings. The Hall–Kier alpha value is -6.74. The van der Waals surface area contributed by atoms with Gasteiger partial charge in [-0.15, -0.1) is 0 Å². The molecular formula is C36H14F2N6. The summed E-state index contributed by atoms with van der Waals surface area (Å²) in [6.45, 7) is 0. The average molecular weight is 569 g/mol. The number of hydrogen-bond donors (Lipinski definition) is 0. The molecule has 202 valence electrons. The van der Waals surface area contributed by atoms with Crippen molar-refractivity contribution in [3.63, 3.8) is 0 Å². The third-order valence-electron chi connectivity index (χ3n) is 7.96. The Balaban J connectivity index is 1.52. The fraction of sp³-hybridized carbons (Fsp3) is 0. The summed E-state index contributed by atoms with van der Waals surface area (Å²) in [5, 5.41) is 44.9. The highest BCUT2D eigenvalue weighted by molar-refractivity contribution is 6.21. The van der Waals surface area contributed by atoms with E-state index in [2.05, 4.69) is 9.98 Å². The fourth-order valence-electron chi connectivity index (χ4n) is 5.96. The molecular weight excluding hydrogens is 554 g/mol. The molecule has 0 N–H and O–H groups in total. The summed E-state index contributed by atoms with van der Waals surface area (Å²) in [6.07, 6.45) is 3.82. The van der Waals surface area contributed by atoms with Crippen LogP contribution in [0.25, 0.3) is 65.3 Å². The molecule has 8 heteroatoms. The van der Waals surface area contributed by atoms with Gasteiger partial charge in [-0.3, -0.25) is 0 Å². The lowest BCUT2D eigenvalue weighted by atomic mass is 10.0. The largest absolute Gasteiger partial charge is 0.206 e. The van der Waals surface area contributed by atoms with Crippen LogP contribution in [0.1, 0.15) is 11.1 Å². The highest BCUT2D eigenvalue weighted by Crippen LogP contribution is 2.35. The predicted octanol–water partition coefficient (Wildman–Crippen LogP) is 7.29. The summed E-state index contributed by atoms with van der Waals surface area (Å²) in [4.78, 5) is 8.35. The molecule has 0 bridgehead atoms. The van der Waals surface area contributed by atoms with Crippen LogP contribution < -0.4 is 10.7 Å². The number of nitriles is 4. The van der Waals surface area contributed by atoms with Gasteiger partial charge in [-0.05, 0) is 92.3 Å². The fourth-order valence-corrected chi connectivity index (χ4v) is 5.96. The van der Waals surface area contributed by atoms with E-state index in [1.807, 2.05) is 73.1 Å². The quantitative estimate of drug-likeness (QED) is 0.203. The predicted molar refractivity (Wildman–Crippen MR) is 161 cm³/mol. The molecule has 0 aliphatic heterocycles. The normalized spacial score (nSPS) is 12.0. The minimum absolute atomic E-state index is 0.0651. The minimum Gasteiger partial charge on any atom is -0.206 e. The first-order chi connectivity index (χ1) is 21.4. The summed E-state index contributed by atoms with van der Waals surface area (Å²) < 4.78 is 27.9. The Morgan fingerprint density at radius 2 is 0.773 bits per heavy atom. The van der Waals surface area contributed by atoms with Crippen LogP contribution in [-0.2, 0) is 0 Å². The van der Waals surface area contributed by atoms with Crippen molar-refractivity contribution in [1.29, 1.82) is 21.0 Å². The van der Waals surface area contributed by atoms with E-state index in [1.54, 1.807) is 12.1 Å². The topological polar surface area (TPSA) is 120 Å². The SMILES string of the molecule is N#C/N=c1\c2cc(-c3ccc(F)c(C#N)c3)ccc2c2cc3/c(=N/C#N)c4cc(-c5ccc(F)c(C#N)c5)ccc4c3cc12.